The number of aromatic nitrogens is 2. The van der Waals surface area contributed by atoms with Crippen LogP contribution < -0.4 is 0 Å². The molecule has 0 radical (unpaired) electrons. The lowest BCUT2D eigenvalue weighted by atomic mass is 10.0. The Morgan fingerprint density at radius 2 is 2.05 bits per heavy atom. The van der Waals surface area contributed by atoms with E-state index in [-0.39, 0.29) is 10.6 Å². The van der Waals surface area contributed by atoms with E-state index in [2.05, 4.69) is 29.7 Å². The first-order valence-corrected chi connectivity index (χ1v) is 9.79. The molecule has 0 spiro atoms. The van der Waals surface area contributed by atoms with Crippen molar-refractivity contribution in [2.24, 2.45) is 0 Å². The molecule has 0 aliphatic carbocycles. The van der Waals surface area contributed by atoms with Gasteiger partial charge >= 0.3 is 0 Å². The first-order valence-electron chi connectivity index (χ1n) is 6.95. The third-order valence-electron chi connectivity index (χ3n) is 4.16. The highest BCUT2D eigenvalue weighted by Gasteiger charge is 2.27. The molecule has 0 aliphatic rings. The van der Waals surface area contributed by atoms with Gasteiger partial charge in [-0.1, -0.05) is 13.8 Å². The minimum Gasteiger partial charge on any atom is -0.325 e. The molecular formula is C15H19ClFIN2S. The van der Waals surface area contributed by atoms with Gasteiger partial charge in [-0.3, -0.25) is 0 Å². The lowest BCUT2D eigenvalue weighted by Gasteiger charge is -2.31. The Labute approximate surface area is 148 Å². The van der Waals surface area contributed by atoms with E-state index < -0.39 is 0 Å². The van der Waals surface area contributed by atoms with Gasteiger partial charge in [-0.2, -0.15) is 11.8 Å². The summed E-state index contributed by atoms with van der Waals surface area (Å²) in [7, 11) is 0. The molecule has 0 fully saturated rings. The van der Waals surface area contributed by atoms with Crippen molar-refractivity contribution in [2.75, 3.05) is 6.26 Å². The Morgan fingerprint density at radius 3 is 2.57 bits per heavy atom. The zero-order chi connectivity index (χ0) is 15.6. The predicted molar refractivity (Wildman–Crippen MR) is 98.8 cm³/mol. The smallest absolute Gasteiger partial charge is 0.138 e. The molecule has 2 aromatic rings. The van der Waals surface area contributed by atoms with Crippen molar-refractivity contribution in [3.8, 4) is 0 Å². The topological polar surface area (TPSA) is 17.8 Å². The number of alkyl halides is 1. The molecule has 2 nitrogen and oxygen atoms in total. The average Bonchev–Trinajstić information content (AvgIpc) is 2.82. The van der Waals surface area contributed by atoms with E-state index in [0.29, 0.717) is 9.45 Å². The quantitative estimate of drug-likeness (QED) is 0.440. The van der Waals surface area contributed by atoms with Crippen molar-refractivity contribution in [1.29, 1.82) is 0 Å². The zero-order valence-corrected chi connectivity index (χ0v) is 16.1. The number of hydrogen-bond acceptors (Lipinski definition) is 2. The second-order valence-corrected chi connectivity index (χ2v) is 7.80. The van der Waals surface area contributed by atoms with Crippen LogP contribution in [-0.4, -0.2) is 20.6 Å². The van der Waals surface area contributed by atoms with Crippen LogP contribution >= 0.6 is 46.0 Å². The fourth-order valence-corrected chi connectivity index (χ4v) is 4.05. The predicted octanol–water partition coefficient (Wildman–Crippen LogP) is 5.44. The van der Waals surface area contributed by atoms with Crippen molar-refractivity contribution in [2.45, 2.75) is 43.9 Å². The van der Waals surface area contributed by atoms with Crippen LogP contribution in [0, 0.1) is 9.39 Å². The van der Waals surface area contributed by atoms with Crippen molar-refractivity contribution >= 4 is 57.0 Å². The lowest BCUT2D eigenvalue weighted by Crippen LogP contribution is -2.29. The lowest BCUT2D eigenvalue weighted by molar-refractivity contribution is 0.466. The number of thioether (sulfide) groups is 1. The maximum absolute atomic E-state index is 13.9. The minimum atomic E-state index is -0.201. The Bertz CT molecular complexity index is 632. The van der Waals surface area contributed by atoms with Crippen LogP contribution in [0.2, 0.25) is 0 Å². The highest BCUT2D eigenvalue weighted by Crippen LogP contribution is 2.34. The van der Waals surface area contributed by atoms with Gasteiger partial charge < -0.3 is 4.57 Å². The molecule has 0 unspecified atom stereocenters. The summed E-state index contributed by atoms with van der Waals surface area (Å²) in [6.07, 6.45) is 4.24. The van der Waals surface area contributed by atoms with E-state index in [1.165, 1.54) is 0 Å². The molecule has 0 bridgehead atoms. The molecule has 0 saturated heterocycles. The first kappa shape index (κ1) is 17.3. The fourth-order valence-electron chi connectivity index (χ4n) is 2.56. The molecule has 0 atom stereocenters. The molecule has 1 heterocycles. The molecule has 1 aromatic carbocycles. The second-order valence-electron chi connectivity index (χ2n) is 5.10. The molecule has 116 valence electrons. The maximum atomic E-state index is 13.9. The highest BCUT2D eigenvalue weighted by atomic mass is 127. The third kappa shape index (κ3) is 3.34. The molecule has 0 N–H and O–H groups in total. The molecule has 6 heteroatoms. The number of rotatable bonds is 6. The largest absolute Gasteiger partial charge is 0.325 e. The fraction of sp³-hybridized carbons (Fsp3) is 0.533. The summed E-state index contributed by atoms with van der Waals surface area (Å²) in [5.41, 5.74) is 1.66. The van der Waals surface area contributed by atoms with Gasteiger partial charge in [-0.05, 0) is 47.8 Å². The van der Waals surface area contributed by atoms with E-state index in [1.807, 2.05) is 34.4 Å². The third-order valence-corrected chi connectivity index (χ3v) is 6.80. The number of imidazole rings is 1. The van der Waals surface area contributed by atoms with Crippen LogP contribution in [0.4, 0.5) is 4.39 Å². The van der Waals surface area contributed by atoms with Gasteiger partial charge in [-0.25, -0.2) is 9.37 Å². The monoisotopic (exact) mass is 440 g/mol. The number of hydrogen-bond donors (Lipinski definition) is 0. The van der Waals surface area contributed by atoms with Crippen LogP contribution in [0.1, 0.15) is 32.5 Å². The van der Waals surface area contributed by atoms with Gasteiger partial charge in [0.25, 0.3) is 0 Å². The maximum Gasteiger partial charge on any atom is 0.138 e. The molecule has 0 amide bonds. The Kier molecular flexibility index (Phi) is 5.82. The van der Waals surface area contributed by atoms with Crippen molar-refractivity contribution in [3.05, 3.63) is 27.3 Å². The van der Waals surface area contributed by atoms with Crippen LogP contribution in [0.3, 0.4) is 0 Å². The molecule has 1 aromatic heterocycles. The molecular weight excluding hydrogens is 422 g/mol. The highest BCUT2D eigenvalue weighted by molar-refractivity contribution is 14.1. The van der Waals surface area contributed by atoms with Gasteiger partial charge in [0.05, 0.1) is 20.5 Å². The van der Waals surface area contributed by atoms with E-state index in [0.717, 1.165) is 36.2 Å². The van der Waals surface area contributed by atoms with Crippen LogP contribution in [0.15, 0.2) is 12.1 Å². The van der Waals surface area contributed by atoms with Gasteiger partial charge in [0.1, 0.15) is 11.6 Å². The zero-order valence-electron chi connectivity index (χ0n) is 12.4. The summed E-state index contributed by atoms with van der Waals surface area (Å²) in [6, 6.07) is 3.37. The summed E-state index contributed by atoms with van der Waals surface area (Å²) in [5.74, 6) is 0.951. The summed E-state index contributed by atoms with van der Waals surface area (Å²) in [5, 5.41) is 0. The molecule has 0 aliphatic heterocycles. The van der Waals surface area contributed by atoms with Crippen molar-refractivity contribution in [1.82, 2.24) is 9.55 Å². The average molecular weight is 441 g/mol. The SMILES string of the molecule is CCC(CC)(Cn1c(CCl)nc2cc(I)c(F)cc21)SC. The molecule has 0 saturated carbocycles. The summed E-state index contributed by atoms with van der Waals surface area (Å²) >= 11 is 9.91. The summed E-state index contributed by atoms with van der Waals surface area (Å²) in [4.78, 5) is 4.57. The second kappa shape index (κ2) is 7.04. The van der Waals surface area contributed by atoms with Crippen molar-refractivity contribution in [3.63, 3.8) is 0 Å². The first-order chi connectivity index (χ1) is 10.00. The number of nitrogens with zero attached hydrogens (tertiary/aromatic N) is 2. The van der Waals surface area contributed by atoms with E-state index in [9.17, 15) is 4.39 Å². The summed E-state index contributed by atoms with van der Waals surface area (Å²) < 4.78 is 16.7. The van der Waals surface area contributed by atoms with E-state index in [1.54, 1.807) is 12.1 Å². The van der Waals surface area contributed by atoms with Crippen molar-refractivity contribution < 1.29 is 4.39 Å². The van der Waals surface area contributed by atoms with Crippen LogP contribution in [0.25, 0.3) is 11.0 Å². The number of fused-ring (bicyclic) bond motifs is 1. The Hall–Kier alpha value is -0.0100. The Morgan fingerprint density at radius 1 is 1.38 bits per heavy atom. The van der Waals surface area contributed by atoms with Gasteiger partial charge in [0.15, 0.2) is 0 Å². The molecule has 21 heavy (non-hydrogen) atoms. The van der Waals surface area contributed by atoms with E-state index in [4.69, 9.17) is 11.6 Å². The van der Waals surface area contributed by atoms with Gasteiger partial charge in [0, 0.05) is 17.4 Å². The standard InChI is InChI=1S/C15H19ClFIN2S/c1-4-15(5-2,21-3)9-20-13-6-10(17)11(18)7-12(13)19-14(20)8-16/h6-7H,4-5,8-9H2,1-3H3. The van der Waals surface area contributed by atoms with Gasteiger partial charge in [-0.15, -0.1) is 11.6 Å². The van der Waals surface area contributed by atoms with Crippen LogP contribution in [0.5, 0.6) is 0 Å². The number of halogens is 3. The van der Waals surface area contributed by atoms with E-state index >= 15 is 0 Å². The Balaban J connectivity index is 2.58. The van der Waals surface area contributed by atoms with Crippen LogP contribution in [-0.2, 0) is 12.4 Å². The normalized spacial score (nSPS) is 12.3. The minimum absolute atomic E-state index is 0.133. The van der Waals surface area contributed by atoms with Gasteiger partial charge in [0.2, 0.25) is 0 Å². The summed E-state index contributed by atoms with van der Waals surface area (Å²) in [6.45, 7) is 5.20. The number of benzene rings is 1. The molecule has 2 rings (SSSR count).